The molecule has 2 aromatic carbocycles. The maximum absolute atomic E-state index is 12.3. The third-order valence-electron chi connectivity index (χ3n) is 5.70. The van der Waals surface area contributed by atoms with E-state index in [0.717, 1.165) is 18.4 Å². The molecule has 3 atom stereocenters. The monoisotopic (exact) mass is 336 g/mol. The molecule has 1 fully saturated rings. The first-order valence-electron chi connectivity index (χ1n) is 9.41. The zero-order chi connectivity index (χ0) is 18.2. The third kappa shape index (κ3) is 3.10. The number of fused-ring (bicyclic) bond motifs is 3. The number of hydrogen-bond donors (Lipinski definition) is 0. The Balaban J connectivity index is 0.000000880. The molecule has 3 unspecified atom stereocenters. The quantitative estimate of drug-likeness (QED) is 0.554. The summed E-state index contributed by atoms with van der Waals surface area (Å²) >= 11 is 0. The average Bonchev–Trinajstić information content (AvgIpc) is 3.09. The van der Waals surface area contributed by atoms with Crippen LogP contribution in [0.5, 0.6) is 0 Å². The second kappa shape index (κ2) is 6.67. The molecule has 25 heavy (non-hydrogen) atoms. The molecule has 4 rings (SSSR count). The van der Waals surface area contributed by atoms with Gasteiger partial charge in [0.25, 0.3) is 0 Å². The molecule has 0 saturated heterocycles. The van der Waals surface area contributed by atoms with Crippen LogP contribution in [0.25, 0.3) is 11.1 Å². The van der Waals surface area contributed by atoms with Gasteiger partial charge in [-0.1, -0.05) is 63.2 Å². The summed E-state index contributed by atoms with van der Waals surface area (Å²) < 4.78 is 5.73. The van der Waals surface area contributed by atoms with E-state index in [0.29, 0.717) is 5.92 Å². The Hall–Kier alpha value is -2.09. The van der Waals surface area contributed by atoms with Crippen LogP contribution in [0.1, 0.15) is 63.8 Å². The first-order valence-corrected chi connectivity index (χ1v) is 9.41. The zero-order valence-electron chi connectivity index (χ0n) is 15.9. The summed E-state index contributed by atoms with van der Waals surface area (Å²) in [5.41, 5.74) is 6.17. The van der Waals surface area contributed by atoms with E-state index in [-0.39, 0.29) is 17.5 Å². The molecule has 0 radical (unpaired) electrons. The Labute approximate surface area is 151 Å². The molecule has 0 amide bonds. The summed E-state index contributed by atoms with van der Waals surface area (Å²) in [7, 11) is 0. The van der Waals surface area contributed by atoms with Crippen molar-refractivity contribution in [2.75, 3.05) is 0 Å². The van der Waals surface area contributed by atoms with Crippen molar-refractivity contribution in [3.63, 3.8) is 0 Å². The molecule has 0 aliphatic heterocycles. The molecule has 132 valence electrons. The van der Waals surface area contributed by atoms with Crippen molar-refractivity contribution < 1.29 is 9.53 Å². The second-order valence-corrected chi connectivity index (χ2v) is 7.32. The standard InChI is InChI=1S/C21H22O2.C2H6/c1-13-12-21(13,3)20(22)23-14(2)15-8-9-19-17(10-15)11-16-6-4-5-7-18(16)19;1-2/h4-10,13-14H,11-12H2,1-3H3;1-2H3. The van der Waals surface area contributed by atoms with Gasteiger partial charge in [0.2, 0.25) is 0 Å². The Kier molecular flexibility index (Phi) is 4.73. The van der Waals surface area contributed by atoms with Crippen molar-refractivity contribution in [1.29, 1.82) is 0 Å². The van der Waals surface area contributed by atoms with Crippen LogP contribution in [0.4, 0.5) is 0 Å². The molecule has 2 aliphatic rings. The van der Waals surface area contributed by atoms with Gasteiger partial charge in [0, 0.05) is 0 Å². The van der Waals surface area contributed by atoms with Crippen LogP contribution in [-0.4, -0.2) is 5.97 Å². The van der Waals surface area contributed by atoms with Crippen molar-refractivity contribution in [2.24, 2.45) is 11.3 Å². The van der Waals surface area contributed by atoms with E-state index < -0.39 is 0 Å². The van der Waals surface area contributed by atoms with Gasteiger partial charge in [-0.2, -0.15) is 0 Å². The van der Waals surface area contributed by atoms with Gasteiger partial charge in [-0.15, -0.1) is 0 Å². The summed E-state index contributed by atoms with van der Waals surface area (Å²) in [5, 5.41) is 0. The number of esters is 1. The summed E-state index contributed by atoms with van der Waals surface area (Å²) in [6, 6.07) is 15.0. The van der Waals surface area contributed by atoms with Crippen LogP contribution < -0.4 is 0 Å². The zero-order valence-corrected chi connectivity index (χ0v) is 15.9. The van der Waals surface area contributed by atoms with Crippen molar-refractivity contribution in [3.8, 4) is 11.1 Å². The fourth-order valence-corrected chi connectivity index (χ4v) is 3.64. The molecular formula is C23H28O2. The number of carbonyl (C=O) groups excluding carboxylic acids is 1. The van der Waals surface area contributed by atoms with Gasteiger partial charge in [0.15, 0.2) is 0 Å². The highest BCUT2D eigenvalue weighted by molar-refractivity contribution is 5.80. The highest BCUT2D eigenvalue weighted by atomic mass is 16.5. The van der Waals surface area contributed by atoms with Gasteiger partial charge >= 0.3 is 5.97 Å². The van der Waals surface area contributed by atoms with Crippen LogP contribution in [-0.2, 0) is 16.0 Å². The Morgan fingerprint density at radius 3 is 2.44 bits per heavy atom. The average molecular weight is 336 g/mol. The van der Waals surface area contributed by atoms with Crippen LogP contribution in [0.3, 0.4) is 0 Å². The van der Waals surface area contributed by atoms with Gasteiger partial charge in [-0.3, -0.25) is 4.79 Å². The lowest BCUT2D eigenvalue weighted by Gasteiger charge is -2.18. The summed E-state index contributed by atoms with van der Waals surface area (Å²) in [6.07, 6.45) is 1.72. The molecule has 2 heteroatoms. The Morgan fingerprint density at radius 2 is 1.76 bits per heavy atom. The minimum Gasteiger partial charge on any atom is -0.457 e. The van der Waals surface area contributed by atoms with E-state index in [9.17, 15) is 4.79 Å². The van der Waals surface area contributed by atoms with Crippen molar-refractivity contribution in [1.82, 2.24) is 0 Å². The van der Waals surface area contributed by atoms with E-state index in [1.54, 1.807) is 0 Å². The number of ether oxygens (including phenoxy) is 1. The summed E-state index contributed by atoms with van der Waals surface area (Å²) in [4.78, 5) is 12.3. The van der Waals surface area contributed by atoms with Crippen molar-refractivity contribution >= 4 is 5.97 Å². The Bertz CT molecular complexity index is 792. The highest BCUT2D eigenvalue weighted by Crippen LogP contribution is 2.53. The molecule has 2 aromatic rings. The van der Waals surface area contributed by atoms with E-state index in [1.807, 2.05) is 27.7 Å². The summed E-state index contributed by atoms with van der Waals surface area (Å²) in [5.74, 6) is 0.387. The molecule has 2 aliphatic carbocycles. The first kappa shape index (κ1) is 17.7. The van der Waals surface area contributed by atoms with E-state index >= 15 is 0 Å². The maximum atomic E-state index is 12.3. The highest BCUT2D eigenvalue weighted by Gasteiger charge is 2.54. The number of hydrogen-bond acceptors (Lipinski definition) is 2. The predicted molar refractivity (Wildman–Crippen MR) is 102 cm³/mol. The van der Waals surface area contributed by atoms with Gasteiger partial charge in [0.05, 0.1) is 5.41 Å². The van der Waals surface area contributed by atoms with Gasteiger partial charge in [0.1, 0.15) is 6.10 Å². The normalized spacial score (nSPS) is 23.6. The molecule has 2 nitrogen and oxygen atoms in total. The summed E-state index contributed by atoms with van der Waals surface area (Å²) in [6.45, 7) is 10.1. The third-order valence-corrected chi connectivity index (χ3v) is 5.70. The minimum atomic E-state index is -0.263. The van der Waals surface area contributed by atoms with E-state index in [4.69, 9.17) is 4.74 Å². The molecule has 0 aromatic heterocycles. The number of rotatable bonds is 3. The molecule has 0 heterocycles. The fraction of sp³-hybridized carbons (Fsp3) is 0.435. The molecule has 0 bridgehead atoms. The first-order chi connectivity index (χ1) is 12.0. The minimum absolute atomic E-state index is 0.0544. The van der Waals surface area contributed by atoms with Crippen LogP contribution >= 0.6 is 0 Å². The number of benzene rings is 2. The topological polar surface area (TPSA) is 26.3 Å². The van der Waals surface area contributed by atoms with Crippen LogP contribution in [0.2, 0.25) is 0 Å². The molecule has 0 N–H and O–H groups in total. The molecule has 0 spiro atoms. The second-order valence-electron chi connectivity index (χ2n) is 7.32. The lowest BCUT2D eigenvalue weighted by molar-refractivity contribution is -0.155. The van der Waals surface area contributed by atoms with E-state index in [1.165, 1.54) is 22.3 Å². The lowest BCUT2D eigenvalue weighted by atomic mass is 10.0. The smallest absolute Gasteiger partial charge is 0.312 e. The van der Waals surface area contributed by atoms with Gasteiger partial charge in [-0.05, 0) is 60.4 Å². The van der Waals surface area contributed by atoms with Crippen molar-refractivity contribution in [3.05, 3.63) is 59.2 Å². The molecular weight excluding hydrogens is 308 g/mol. The van der Waals surface area contributed by atoms with E-state index in [2.05, 4.69) is 49.4 Å². The lowest BCUT2D eigenvalue weighted by Crippen LogP contribution is -2.19. The Morgan fingerprint density at radius 1 is 1.12 bits per heavy atom. The van der Waals surface area contributed by atoms with Crippen LogP contribution in [0, 0.1) is 11.3 Å². The van der Waals surface area contributed by atoms with Gasteiger partial charge < -0.3 is 4.74 Å². The SMILES string of the molecule is CC.CC(OC(=O)C1(C)CC1C)c1ccc2c(c1)Cc1ccccc1-2. The van der Waals surface area contributed by atoms with Crippen molar-refractivity contribution in [2.45, 2.75) is 53.6 Å². The fourth-order valence-electron chi connectivity index (χ4n) is 3.64. The van der Waals surface area contributed by atoms with Gasteiger partial charge in [-0.25, -0.2) is 0 Å². The predicted octanol–water partition coefficient (Wildman–Crippen LogP) is 5.93. The largest absolute Gasteiger partial charge is 0.457 e. The number of carbonyl (C=O) groups is 1. The maximum Gasteiger partial charge on any atom is 0.312 e. The molecule has 1 saturated carbocycles. The van der Waals surface area contributed by atoms with Crippen LogP contribution in [0.15, 0.2) is 42.5 Å².